The summed E-state index contributed by atoms with van der Waals surface area (Å²) in [5, 5.41) is 4.77. The standard InChI is InChI=1S/C27H50N6S2/c1-6-9-10-11-12-13-14-15-16-28-25-29-26(32-17-19-34-21(4)23(32)7-2)31-27(30-25)33-18-20-35-22(5)24(33)8-3/h21-24H,6-20H2,1-5H3,(H,28,29,30,31). The molecule has 0 aromatic carbocycles. The SMILES string of the molecule is CCCCCCCCCCNc1nc(N2CCSC(C)C2CC)nc(N2CCSC(C)C2CC)n1. The summed E-state index contributed by atoms with van der Waals surface area (Å²) >= 11 is 4.15. The summed E-state index contributed by atoms with van der Waals surface area (Å²) in [6, 6.07) is 0.949. The smallest absolute Gasteiger partial charge is 0.232 e. The van der Waals surface area contributed by atoms with Gasteiger partial charge in [0.25, 0.3) is 0 Å². The molecule has 1 aromatic rings. The number of aromatic nitrogens is 3. The number of thioether (sulfide) groups is 2. The van der Waals surface area contributed by atoms with Crippen LogP contribution < -0.4 is 15.1 Å². The number of nitrogens with one attached hydrogen (secondary N) is 1. The van der Waals surface area contributed by atoms with Crippen LogP contribution in [0, 0.1) is 0 Å². The first-order valence-corrected chi connectivity index (χ1v) is 16.4. The molecule has 2 saturated heterocycles. The summed E-state index contributed by atoms with van der Waals surface area (Å²) in [5.41, 5.74) is 0. The van der Waals surface area contributed by atoms with Gasteiger partial charge in [-0.05, 0) is 19.3 Å². The molecular weight excluding hydrogens is 472 g/mol. The fourth-order valence-corrected chi connectivity index (χ4v) is 7.96. The maximum atomic E-state index is 5.11. The van der Waals surface area contributed by atoms with Gasteiger partial charge in [-0.25, -0.2) is 0 Å². The molecule has 4 unspecified atom stereocenters. The summed E-state index contributed by atoms with van der Waals surface area (Å²) < 4.78 is 0. The molecule has 2 aliphatic rings. The molecule has 4 atom stereocenters. The zero-order valence-corrected chi connectivity index (χ0v) is 24.6. The maximum Gasteiger partial charge on any atom is 0.232 e. The molecule has 3 heterocycles. The molecule has 8 heteroatoms. The van der Waals surface area contributed by atoms with Crippen LogP contribution in [0.2, 0.25) is 0 Å². The number of hydrogen-bond acceptors (Lipinski definition) is 8. The molecule has 0 bridgehead atoms. The van der Waals surface area contributed by atoms with Gasteiger partial charge in [-0.15, -0.1) is 0 Å². The molecule has 0 aliphatic carbocycles. The zero-order chi connectivity index (χ0) is 25.0. The van der Waals surface area contributed by atoms with Crippen molar-refractivity contribution < 1.29 is 0 Å². The van der Waals surface area contributed by atoms with Gasteiger partial charge in [-0.2, -0.15) is 38.5 Å². The van der Waals surface area contributed by atoms with E-state index in [4.69, 9.17) is 15.0 Å². The number of nitrogens with zero attached hydrogens (tertiary/aromatic N) is 5. The molecule has 1 N–H and O–H groups in total. The first-order chi connectivity index (χ1) is 17.1. The highest BCUT2D eigenvalue weighted by molar-refractivity contribution is 8.00. The van der Waals surface area contributed by atoms with Crippen molar-refractivity contribution in [2.75, 3.05) is 46.3 Å². The van der Waals surface area contributed by atoms with Crippen molar-refractivity contribution in [1.82, 2.24) is 15.0 Å². The van der Waals surface area contributed by atoms with Gasteiger partial charge in [-0.1, -0.05) is 79.6 Å². The number of rotatable bonds is 14. The molecule has 1 aromatic heterocycles. The molecule has 35 heavy (non-hydrogen) atoms. The third-order valence-electron chi connectivity index (χ3n) is 7.59. The molecular formula is C27H50N6S2. The summed E-state index contributed by atoms with van der Waals surface area (Å²) in [6.45, 7) is 14.5. The van der Waals surface area contributed by atoms with Gasteiger partial charge in [0.15, 0.2) is 0 Å². The molecule has 200 valence electrons. The molecule has 0 saturated carbocycles. The van der Waals surface area contributed by atoms with Crippen LogP contribution in [-0.2, 0) is 0 Å². The Balaban J connectivity index is 1.70. The predicted octanol–water partition coefficient (Wildman–Crippen LogP) is 6.86. The monoisotopic (exact) mass is 522 g/mol. The Hall–Kier alpha value is -0.890. The fourth-order valence-electron chi connectivity index (χ4n) is 5.48. The highest BCUT2D eigenvalue weighted by Crippen LogP contribution is 2.33. The molecule has 6 nitrogen and oxygen atoms in total. The van der Waals surface area contributed by atoms with Gasteiger partial charge in [-0.3, -0.25) is 0 Å². The van der Waals surface area contributed by atoms with Crippen LogP contribution in [-0.4, -0.2) is 68.7 Å². The number of unbranched alkanes of at least 4 members (excludes halogenated alkanes) is 7. The van der Waals surface area contributed by atoms with E-state index in [-0.39, 0.29) is 0 Å². The number of anilines is 3. The average molecular weight is 523 g/mol. The van der Waals surface area contributed by atoms with E-state index in [0.29, 0.717) is 22.6 Å². The van der Waals surface area contributed by atoms with Gasteiger partial charge >= 0.3 is 0 Å². The van der Waals surface area contributed by atoms with E-state index >= 15 is 0 Å². The average Bonchev–Trinajstić information content (AvgIpc) is 2.87. The van der Waals surface area contributed by atoms with Gasteiger partial charge in [0, 0.05) is 53.7 Å². The molecule has 0 spiro atoms. The van der Waals surface area contributed by atoms with Gasteiger partial charge in [0.1, 0.15) is 0 Å². The lowest BCUT2D eigenvalue weighted by atomic mass is 10.1. The summed E-state index contributed by atoms with van der Waals surface area (Å²) in [5.74, 6) is 4.76. The molecule has 0 amide bonds. The predicted molar refractivity (Wildman–Crippen MR) is 158 cm³/mol. The second-order valence-corrected chi connectivity index (χ2v) is 13.1. The largest absolute Gasteiger partial charge is 0.354 e. The van der Waals surface area contributed by atoms with E-state index in [1.165, 1.54) is 51.4 Å². The van der Waals surface area contributed by atoms with E-state index in [9.17, 15) is 0 Å². The Morgan fingerprint density at radius 1 is 0.714 bits per heavy atom. The topological polar surface area (TPSA) is 57.2 Å². The minimum Gasteiger partial charge on any atom is -0.354 e. The Labute approximate surface area is 223 Å². The Kier molecular flexibility index (Phi) is 12.6. The molecule has 0 radical (unpaired) electrons. The van der Waals surface area contributed by atoms with Gasteiger partial charge in [0.05, 0.1) is 0 Å². The highest BCUT2D eigenvalue weighted by Gasteiger charge is 2.33. The normalized spacial score (nSPS) is 25.2. The Morgan fingerprint density at radius 2 is 1.20 bits per heavy atom. The van der Waals surface area contributed by atoms with Gasteiger partial charge in [0.2, 0.25) is 17.8 Å². The molecule has 2 fully saturated rings. The summed E-state index contributed by atoms with van der Waals surface area (Å²) in [6.07, 6.45) is 12.9. The first-order valence-electron chi connectivity index (χ1n) is 14.3. The van der Waals surface area contributed by atoms with Crippen molar-refractivity contribution in [3.63, 3.8) is 0 Å². The van der Waals surface area contributed by atoms with Crippen molar-refractivity contribution in [2.24, 2.45) is 0 Å². The Bertz CT molecular complexity index is 689. The van der Waals surface area contributed by atoms with Gasteiger partial charge < -0.3 is 15.1 Å². The fraction of sp³-hybridized carbons (Fsp3) is 0.889. The second-order valence-electron chi connectivity index (χ2n) is 10.2. The van der Waals surface area contributed by atoms with E-state index in [1.54, 1.807) is 0 Å². The zero-order valence-electron chi connectivity index (χ0n) is 23.0. The molecule has 2 aliphatic heterocycles. The van der Waals surface area contributed by atoms with E-state index in [0.717, 1.165) is 61.8 Å². The maximum absolute atomic E-state index is 5.11. The minimum atomic E-state index is 0.474. The lowest BCUT2D eigenvalue weighted by molar-refractivity contribution is 0.541. The minimum absolute atomic E-state index is 0.474. The van der Waals surface area contributed by atoms with Crippen molar-refractivity contribution in [3.8, 4) is 0 Å². The van der Waals surface area contributed by atoms with Crippen LogP contribution in [0.4, 0.5) is 17.8 Å². The third-order valence-corrected chi connectivity index (χ3v) is 10.1. The van der Waals surface area contributed by atoms with Crippen LogP contribution in [0.1, 0.15) is 98.8 Å². The highest BCUT2D eigenvalue weighted by atomic mass is 32.2. The number of hydrogen-bond donors (Lipinski definition) is 1. The van der Waals surface area contributed by atoms with Crippen LogP contribution >= 0.6 is 23.5 Å². The van der Waals surface area contributed by atoms with E-state index in [2.05, 4.69) is 73.3 Å². The molecule has 3 rings (SSSR count). The van der Waals surface area contributed by atoms with Crippen LogP contribution in [0.5, 0.6) is 0 Å². The quantitative estimate of drug-likeness (QED) is 0.266. The van der Waals surface area contributed by atoms with Crippen molar-refractivity contribution in [1.29, 1.82) is 0 Å². The second kappa shape index (κ2) is 15.4. The van der Waals surface area contributed by atoms with Crippen molar-refractivity contribution in [3.05, 3.63) is 0 Å². The lowest BCUT2D eigenvalue weighted by Crippen LogP contribution is -2.49. The van der Waals surface area contributed by atoms with Crippen molar-refractivity contribution in [2.45, 2.75) is 121 Å². The lowest BCUT2D eigenvalue weighted by Gasteiger charge is -2.41. The third kappa shape index (κ3) is 8.31. The van der Waals surface area contributed by atoms with Crippen LogP contribution in [0.25, 0.3) is 0 Å². The summed E-state index contributed by atoms with van der Waals surface area (Å²) in [7, 11) is 0. The summed E-state index contributed by atoms with van der Waals surface area (Å²) in [4.78, 5) is 20.0. The first kappa shape index (κ1) is 28.7. The Morgan fingerprint density at radius 3 is 1.69 bits per heavy atom. The van der Waals surface area contributed by atoms with E-state index < -0.39 is 0 Å². The van der Waals surface area contributed by atoms with E-state index in [1.807, 2.05) is 0 Å². The van der Waals surface area contributed by atoms with Crippen LogP contribution in [0.15, 0.2) is 0 Å². The van der Waals surface area contributed by atoms with Crippen LogP contribution in [0.3, 0.4) is 0 Å². The van der Waals surface area contributed by atoms with Crippen molar-refractivity contribution >= 4 is 41.4 Å².